The molecule has 0 spiro atoms. The molecule has 6 nitrogen and oxygen atoms in total. The first kappa shape index (κ1) is 21.8. The molecule has 24 heavy (non-hydrogen) atoms. The molecule has 0 amide bonds. The van der Waals surface area contributed by atoms with Crippen molar-refractivity contribution < 1.29 is 17.9 Å². The van der Waals surface area contributed by atoms with Gasteiger partial charge >= 0.3 is 0 Å². The molecule has 0 saturated carbocycles. The zero-order chi connectivity index (χ0) is 17.1. The third-order valence-corrected chi connectivity index (χ3v) is 6.01. The maximum atomic E-state index is 12.5. The summed E-state index contributed by atoms with van der Waals surface area (Å²) in [6.45, 7) is 1.47. The van der Waals surface area contributed by atoms with Crippen LogP contribution in [-0.2, 0) is 14.8 Å². The van der Waals surface area contributed by atoms with Crippen LogP contribution in [0.15, 0.2) is 17.0 Å². The molecule has 1 fully saturated rings. The van der Waals surface area contributed by atoms with E-state index in [1.54, 1.807) is 7.11 Å². The predicted octanol–water partition coefficient (Wildman–Crippen LogP) is 2.47. The number of sulfonamides is 1. The van der Waals surface area contributed by atoms with Gasteiger partial charge in [-0.15, -0.1) is 12.4 Å². The fourth-order valence-corrected chi connectivity index (χ4v) is 4.63. The van der Waals surface area contributed by atoms with Crippen LogP contribution in [-0.4, -0.2) is 47.9 Å². The van der Waals surface area contributed by atoms with Crippen LogP contribution in [0.25, 0.3) is 0 Å². The summed E-state index contributed by atoms with van der Waals surface area (Å²) < 4.78 is 37.9. The van der Waals surface area contributed by atoms with Gasteiger partial charge in [-0.25, -0.2) is 13.1 Å². The largest absolute Gasteiger partial charge is 0.495 e. The first-order valence-corrected chi connectivity index (χ1v) is 9.34. The summed E-state index contributed by atoms with van der Waals surface area (Å²) in [6.07, 6.45) is 1.81. The molecule has 1 aromatic rings. The number of ether oxygens (including phenoxy) is 2. The molecular formula is C14H21Cl3N2O4S. The lowest BCUT2D eigenvalue weighted by Crippen LogP contribution is -2.52. The van der Waals surface area contributed by atoms with Crippen LogP contribution in [0.3, 0.4) is 0 Å². The van der Waals surface area contributed by atoms with E-state index in [-0.39, 0.29) is 33.9 Å². The SMILES string of the molecule is COCC1(CNS(=O)(=O)c2cc(Cl)c(OC)cc2Cl)CCCN1.Cl. The van der Waals surface area contributed by atoms with Crippen LogP contribution in [0.4, 0.5) is 0 Å². The number of hydrogen-bond donors (Lipinski definition) is 2. The van der Waals surface area contributed by atoms with Crippen LogP contribution in [0.1, 0.15) is 12.8 Å². The Kier molecular flexibility index (Phi) is 8.06. The van der Waals surface area contributed by atoms with Gasteiger partial charge < -0.3 is 14.8 Å². The third kappa shape index (κ3) is 4.88. The van der Waals surface area contributed by atoms with E-state index in [9.17, 15) is 8.42 Å². The minimum Gasteiger partial charge on any atom is -0.495 e. The molecule has 0 radical (unpaired) electrons. The van der Waals surface area contributed by atoms with Crippen molar-refractivity contribution in [2.75, 3.05) is 33.9 Å². The summed E-state index contributed by atoms with van der Waals surface area (Å²) in [5.74, 6) is 0.323. The van der Waals surface area contributed by atoms with Crippen molar-refractivity contribution in [2.45, 2.75) is 23.3 Å². The number of rotatable bonds is 7. The number of benzene rings is 1. The van der Waals surface area contributed by atoms with Gasteiger partial charge in [0.15, 0.2) is 0 Å². The van der Waals surface area contributed by atoms with Crippen LogP contribution in [0.2, 0.25) is 10.0 Å². The smallest absolute Gasteiger partial charge is 0.242 e. The second kappa shape index (κ2) is 8.89. The van der Waals surface area contributed by atoms with E-state index in [0.717, 1.165) is 19.4 Å². The molecule has 1 atom stereocenters. The average Bonchev–Trinajstić information content (AvgIpc) is 2.96. The van der Waals surface area contributed by atoms with Gasteiger partial charge in [0.2, 0.25) is 10.0 Å². The lowest BCUT2D eigenvalue weighted by atomic mass is 9.99. The number of methoxy groups -OCH3 is 2. The van der Waals surface area contributed by atoms with Gasteiger partial charge in [-0.2, -0.15) is 0 Å². The van der Waals surface area contributed by atoms with Gasteiger partial charge in [0.1, 0.15) is 10.6 Å². The maximum Gasteiger partial charge on any atom is 0.242 e. The Morgan fingerprint density at radius 1 is 1.29 bits per heavy atom. The van der Waals surface area contributed by atoms with Crippen LogP contribution < -0.4 is 14.8 Å². The summed E-state index contributed by atoms with van der Waals surface area (Å²) >= 11 is 12.1. The molecule has 2 rings (SSSR count). The molecule has 10 heteroatoms. The fraction of sp³-hybridized carbons (Fsp3) is 0.571. The molecule has 0 bridgehead atoms. The minimum absolute atomic E-state index is 0. The Hall–Kier alpha value is -0.280. The molecule has 0 aliphatic carbocycles. The van der Waals surface area contributed by atoms with Gasteiger partial charge in [0, 0.05) is 19.7 Å². The quantitative estimate of drug-likeness (QED) is 0.710. The van der Waals surface area contributed by atoms with Crippen molar-refractivity contribution in [3.63, 3.8) is 0 Å². The van der Waals surface area contributed by atoms with E-state index in [0.29, 0.717) is 12.4 Å². The van der Waals surface area contributed by atoms with Crippen molar-refractivity contribution in [3.05, 3.63) is 22.2 Å². The summed E-state index contributed by atoms with van der Waals surface area (Å²) in [6, 6.07) is 2.67. The molecule has 1 heterocycles. The van der Waals surface area contributed by atoms with Crippen LogP contribution >= 0.6 is 35.6 Å². The lowest BCUT2D eigenvalue weighted by Gasteiger charge is -2.29. The number of hydrogen-bond acceptors (Lipinski definition) is 5. The van der Waals surface area contributed by atoms with Crippen LogP contribution in [0, 0.1) is 0 Å². The second-order valence-corrected chi connectivity index (χ2v) is 8.04. The van der Waals surface area contributed by atoms with Gasteiger partial charge in [0.05, 0.1) is 29.3 Å². The third-order valence-electron chi connectivity index (χ3n) is 3.85. The van der Waals surface area contributed by atoms with E-state index in [4.69, 9.17) is 32.7 Å². The topological polar surface area (TPSA) is 76.7 Å². The standard InChI is InChI=1S/C14H20Cl2N2O4S.ClH/c1-21-9-14(4-3-5-17-14)8-18-23(19,20)13-7-10(15)12(22-2)6-11(13)16;/h6-7,17-18H,3-5,8-9H2,1-2H3;1H. The van der Waals surface area contributed by atoms with Gasteiger partial charge in [-0.3, -0.25) is 0 Å². The Balaban J connectivity index is 0.00000288. The summed E-state index contributed by atoms with van der Waals surface area (Å²) in [4.78, 5) is -0.0736. The Bertz CT molecular complexity index is 664. The minimum atomic E-state index is -3.80. The van der Waals surface area contributed by atoms with Crippen molar-refractivity contribution in [1.82, 2.24) is 10.0 Å². The van der Waals surface area contributed by atoms with Crippen LogP contribution in [0.5, 0.6) is 5.75 Å². The Morgan fingerprint density at radius 3 is 2.54 bits per heavy atom. The monoisotopic (exact) mass is 418 g/mol. The first-order valence-electron chi connectivity index (χ1n) is 7.10. The summed E-state index contributed by atoms with van der Waals surface area (Å²) in [5.41, 5.74) is -0.398. The van der Waals surface area contributed by atoms with E-state index in [2.05, 4.69) is 10.0 Å². The van der Waals surface area contributed by atoms with E-state index in [1.165, 1.54) is 19.2 Å². The highest BCUT2D eigenvalue weighted by Crippen LogP contribution is 2.33. The summed E-state index contributed by atoms with van der Waals surface area (Å²) in [7, 11) is -0.771. The molecule has 1 aromatic carbocycles. The number of halogens is 3. The van der Waals surface area contributed by atoms with Gasteiger partial charge in [0.25, 0.3) is 0 Å². The molecule has 1 aliphatic heterocycles. The second-order valence-electron chi connectivity index (χ2n) is 5.49. The first-order chi connectivity index (χ1) is 10.8. The van der Waals surface area contributed by atoms with Crippen molar-refractivity contribution in [3.8, 4) is 5.75 Å². The van der Waals surface area contributed by atoms with E-state index >= 15 is 0 Å². The van der Waals surface area contributed by atoms with Gasteiger partial charge in [-0.05, 0) is 25.5 Å². The van der Waals surface area contributed by atoms with Crippen molar-refractivity contribution in [1.29, 1.82) is 0 Å². The van der Waals surface area contributed by atoms with E-state index in [1.807, 2.05) is 0 Å². The molecule has 1 unspecified atom stereocenters. The zero-order valence-corrected chi connectivity index (χ0v) is 16.5. The Labute approximate surface area is 158 Å². The molecular weight excluding hydrogens is 399 g/mol. The normalized spacial score (nSPS) is 20.7. The fourth-order valence-electron chi connectivity index (χ4n) is 2.65. The van der Waals surface area contributed by atoms with E-state index < -0.39 is 15.6 Å². The lowest BCUT2D eigenvalue weighted by molar-refractivity contribution is 0.122. The average molecular weight is 420 g/mol. The van der Waals surface area contributed by atoms with Crippen molar-refractivity contribution >= 4 is 45.6 Å². The maximum absolute atomic E-state index is 12.5. The summed E-state index contributed by atoms with van der Waals surface area (Å²) in [5, 5.41) is 3.55. The molecule has 1 aliphatic rings. The highest BCUT2D eigenvalue weighted by atomic mass is 35.5. The molecule has 0 aromatic heterocycles. The molecule has 1 saturated heterocycles. The predicted molar refractivity (Wildman–Crippen MR) is 97.3 cm³/mol. The highest BCUT2D eigenvalue weighted by molar-refractivity contribution is 7.89. The number of nitrogens with one attached hydrogen (secondary N) is 2. The Morgan fingerprint density at radius 2 is 2.00 bits per heavy atom. The van der Waals surface area contributed by atoms with Gasteiger partial charge in [-0.1, -0.05) is 23.2 Å². The van der Waals surface area contributed by atoms with Crippen molar-refractivity contribution in [2.24, 2.45) is 0 Å². The molecule has 138 valence electrons. The zero-order valence-electron chi connectivity index (χ0n) is 13.4. The highest BCUT2D eigenvalue weighted by Gasteiger charge is 2.35. The molecule has 2 N–H and O–H groups in total.